The molecule has 0 unspecified atom stereocenters. The predicted octanol–water partition coefficient (Wildman–Crippen LogP) is 11.0. The number of aryl methyl sites for hydroxylation is 2. The zero-order valence-corrected chi connectivity index (χ0v) is 28.4. The highest BCUT2D eigenvalue weighted by atomic mass is 35.5. The second-order valence-corrected chi connectivity index (χ2v) is 12.3. The van der Waals surface area contributed by atoms with E-state index in [9.17, 15) is 0 Å². The quantitative estimate of drug-likeness (QED) is 0.118. The zero-order chi connectivity index (χ0) is 33.2. The van der Waals surface area contributed by atoms with Crippen LogP contribution < -0.4 is 29.5 Å². The molecule has 5 aromatic carbocycles. The number of anilines is 1. The van der Waals surface area contributed by atoms with Crippen LogP contribution in [0.5, 0.6) is 34.5 Å². The summed E-state index contributed by atoms with van der Waals surface area (Å²) < 4.78 is 24.5. The number of para-hydroxylation sites is 3. The van der Waals surface area contributed by atoms with Crippen LogP contribution in [0.25, 0.3) is 5.70 Å². The number of halogens is 4. The van der Waals surface area contributed by atoms with E-state index in [4.69, 9.17) is 60.6 Å². The second kappa shape index (κ2) is 13.7. The molecular weight excluding hydrogens is 676 g/mol. The van der Waals surface area contributed by atoms with E-state index in [1.54, 1.807) is 36.4 Å². The molecule has 5 aromatic rings. The minimum Gasteiger partial charge on any atom is -0.452 e. The van der Waals surface area contributed by atoms with Gasteiger partial charge in [-0.3, -0.25) is 0 Å². The van der Waals surface area contributed by atoms with Crippen LogP contribution >= 0.6 is 46.4 Å². The molecule has 0 amide bonds. The number of fused-ring (bicyclic) bond motifs is 1. The van der Waals surface area contributed by atoms with Crippen LogP contribution in [-0.4, -0.2) is 12.6 Å². The lowest BCUT2D eigenvalue weighted by atomic mass is 10.0. The Balaban J connectivity index is 1.72. The molecule has 6 nitrogen and oxygen atoms in total. The topological polar surface area (TPSA) is 65.9 Å². The summed E-state index contributed by atoms with van der Waals surface area (Å²) in [7, 11) is 0. The molecule has 0 saturated heterocycles. The molecule has 6 rings (SSSR count). The van der Waals surface area contributed by atoms with E-state index in [0.29, 0.717) is 40.6 Å². The summed E-state index contributed by atoms with van der Waals surface area (Å²) in [4.78, 5) is 0. The van der Waals surface area contributed by atoms with Gasteiger partial charge in [0.1, 0.15) is 17.0 Å². The zero-order valence-electron chi connectivity index (χ0n) is 25.4. The van der Waals surface area contributed by atoms with Crippen molar-refractivity contribution in [3.63, 3.8) is 0 Å². The number of amidine groups is 1. The third-order valence-electron chi connectivity index (χ3n) is 7.50. The molecule has 0 atom stereocenters. The summed E-state index contributed by atoms with van der Waals surface area (Å²) in [5.41, 5.74) is 4.95. The van der Waals surface area contributed by atoms with Crippen molar-refractivity contribution >= 4 is 70.3 Å². The molecule has 0 spiro atoms. The van der Waals surface area contributed by atoms with Crippen molar-refractivity contribution in [2.24, 2.45) is 0 Å². The molecule has 0 fully saturated rings. The van der Waals surface area contributed by atoms with Gasteiger partial charge in [0.2, 0.25) is 5.75 Å². The summed E-state index contributed by atoms with van der Waals surface area (Å²) in [6.45, 7) is 12.5. The van der Waals surface area contributed by atoms with Crippen molar-refractivity contribution in [3.8, 4) is 34.5 Å². The van der Waals surface area contributed by atoms with Crippen molar-refractivity contribution in [3.05, 3.63) is 139 Å². The Labute approximate surface area is 292 Å². The highest BCUT2D eigenvalue weighted by Gasteiger charge is 2.42. The van der Waals surface area contributed by atoms with E-state index in [2.05, 4.69) is 28.6 Å². The van der Waals surface area contributed by atoms with Gasteiger partial charge < -0.3 is 19.5 Å². The summed E-state index contributed by atoms with van der Waals surface area (Å²) in [6.07, 6.45) is 0. The number of rotatable bonds is 9. The molecular formula is C37H28Cl4N3O3+. The first-order chi connectivity index (χ1) is 22.7. The van der Waals surface area contributed by atoms with E-state index < -0.39 is 0 Å². The fraction of sp³-hybridized carbons (Fsp3) is 0.0811. The Morgan fingerprint density at radius 1 is 0.617 bits per heavy atom. The average molecular weight is 704 g/mol. The minimum atomic E-state index is 0.140. The molecule has 47 heavy (non-hydrogen) atoms. The van der Waals surface area contributed by atoms with Gasteiger partial charge in [-0.05, 0) is 54.8 Å². The molecule has 0 aliphatic carbocycles. The largest absolute Gasteiger partial charge is 0.452 e. The lowest BCUT2D eigenvalue weighted by molar-refractivity contribution is 0.385. The standard InChI is InChI=1S/C37H27Cl4N3O3/c1-20-11-8-12-21(2)31(20)45-34-28-22(3)44-37(42-4)29(28)30(43-19-23-13-6-5-7-14-23)35(46-32-24(38)15-9-16-25(32)39)36(34)47-33-26(40)17-10-18-27(33)41/h5-18H,3-4,19H2,1-2H3,(H,43,44)/p+1. The van der Waals surface area contributed by atoms with Gasteiger partial charge in [-0.25, -0.2) is 9.98 Å². The number of hydrogen-bond acceptors (Lipinski definition) is 4. The third kappa shape index (κ3) is 6.39. The van der Waals surface area contributed by atoms with Crippen molar-refractivity contribution < 1.29 is 14.2 Å². The molecule has 1 aliphatic rings. The second-order valence-electron chi connectivity index (χ2n) is 10.7. The van der Waals surface area contributed by atoms with Gasteiger partial charge in [0.25, 0.3) is 0 Å². The van der Waals surface area contributed by atoms with Crippen LogP contribution in [0.4, 0.5) is 5.69 Å². The van der Waals surface area contributed by atoms with Crippen LogP contribution in [0.3, 0.4) is 0 Å². The number of ether oxygens (including phenoxy) is 3. The van der Waals surface area contributed by atoms with Crippen molar-refractivity contribution in [1.29, 1.82) is 0 Å². The molecule has 1 aliphatic heterocycles. The van der Waals surface area contributed by atoms with Crippen LogP contribution in [-0.2, 0) is 6.54 Å². The normalized spacial score (nSPS) is 11.9. The smallest absolute Gasteiger partial charge is 0.382 e. The number of benzene rings is 5. The molecule has 10 heteroatoms. The summed E-state index contributed by atoms with van der Waals surface area (Å²) >= 11 is 26.7. The SMILES string of the molecule is C=[N+]=C1NC(=C)c2c(Oc3c(C)cccc3C)c(Oc3c(Cl)cccc3Cl)c(Oc3c(Cl)cccc3Cl)c(NCc3ccccc3)c21. The van der Waals surface area contributed by atoms with Crippen molar-refractivity contribution in [1.82, 2.24) is 9.98 Å². The fourth-order valence-electron chi connectivity index (χ4n) is 5.26. The first kappa shape index (κ1) is 32.4. The van der Waals surface area contributed by atoms with E-state index in [1.165, 1.54) is 0 Å². The summed E-state index contributed by atoms with van der Waals surface area (Å²) in [5.74, 6) is 2.03. The predicted molar refractivity (Wildman–Crippen MR) is 195 cm³/mol. The third-order valence-corrected chi connectivity index (χ3v) is 8.69. The Morgan fingerprint density at radius 2 is 1.13 bits per heavy atom. The van der Waals surface area contributed by atoms with Gasteiger partial charge >= 0.3 is 5.84 Å². The summed E-state index contributed by atoms with van der Waals surface area (Å²) in [6, 6.07) is 25.9. The Morgan fingerprint density at radius 3 is 1.68 bits per heavy atom. The average Bonchev–Trinajstić information content (AvgIpc) is 3.39. The van der Waals surface area contributed by atoms with Gasteiger partial charge in [0.15, 0.2) is 29.7 Å². The minimum absolute atomic E-state index is 0.140. The number of nitrogens with zero attached hydrogens (tertiary/aromatic N) is 1. The molecule has 2 N–H and O–H groups in total. The molecule has 0 aromatic heterocycles. The van der Waals surface area contributed by atoms with Crippen LogP contribution in [0.1, 0.15) is 27.8 Å². The van der Waals surface area contributed by atoms with Crippen molar-refractivity contribution in [2.45, 2.75) is 20.4 Å². The lowest BCUT2D eigenvalue weighted by Gasteiger charge is -2.24. The van der Waals surface area contributed by atoms with Gasteiger partial charge in [-0.1, -0.05) is 114 Å². The monoisotopic (exact) mass is 702 g/mol. The first-order valence-electron chi connectivity index (χ1n) is 14.5. The molecule has 0 bridgehead atoms. The number of hydrogen-bond donors (Lipinski definition) is 2. The molecule has 1 heterocycles. The van der Waals surface area contributed by atoms with Crippen LogP contribution in [0.2, 0.25) is 20.1 Å². The van der Waals surface area contributed by atoms with Gasteiger partial charge in [0.05, 0.1) is 31.3 Å². The van der Waals surface area contributed by atoms with E-state index in [-0.39, 0.29) is 48.8 Å². The number of nitrogens with one attached hydrogen (secondary N) is 2. The van der Waals surface area contributed by atoms with Gasteiger partial charge in [-0.2, -0.15) is 0 Å². The van der Waals surface area contributed by atoms with Crippen LogP contribution in [0, 0.1) is 13.8 Å². The van der Waals surface area contributed by atoms with Gasteiger partial charge in [-0.15, -0.1) is 0 Å². The van der Waals surface area contributed by atoms with Gasteiger partial charge in [0, 0.05) is 6.54 Å². The molecule has 0 radical (unpaired) electrons. The highest BCUT2D eigenvalue weighted by Crippen LogP contribution is 2.57. The maximum absolute atomic E-state index is 6.82. The first-order valence-corrected chi connectivity index (χ1v) is 16.0. The van der Waals surface area contributed by atoms with Crippen LogP contribution in [0.15, 0.2) is 91.5 Å². The van der Waals surface area contributed by atoms with Crippen molar-refractivity contribution in [2.75, 3.05) is 5.32 Å². The maximum Gasteiger partial charge on any atom is 0.382 e. The fourth-order valence-corrected chi connectivity index (χ4v) is 6.21. The summed E-state index contributed by atoms with van der Waals surface area (Å²) in [5, 5.41) is 7.89. The lowest BCUT2D eigenvalue weighted by Crippen LogP contribution is -2.18. The van der Waals surface area contributed by atoms with E-state index in [0.717, 1.165) is 16.7 Å². The Kier molecular flexibility index (Phi) is 9.42. The highest BCUT2D eigenvalue weighted by molar-refractivity contribution is 6.37. The molecule has 236 valence electrons. The Bertz CT molecular complexity index is 2030. The Hall–Kier alpha value is -4.55. The van der Waals surface area contributed by atoms with E-state index in [1.807, 2.05) is 62.4 Å². The van der Waals surface area contributed by atoms with E-state index >= 15 is 0 Å². The molecule has 0 saturated carbocycles. The maximum atomic E-state index is 6.82.